The number of nitrogen functional groups attached to an aromatic ring is 1. The molecule has 1 amide bonds. The molecular formula is C9H8ClN5O. The summed E-state index contributed by atoms with van der Waals surface area (Å²) in [5.74, 6) is -0.106. The normalized spacial score (nSPS) is 10.1. The lowest BCUT2D eigenvalue weighted by Crippen LogP contribution is -2.14. The molecule has 0 unspecified atom stereocenters. The number of rotatable bonds is 2. The molecule has 0 aliphatic carbocycles. The van der Waals surface area contributed by atoms with E-state index in [0.29, 0.717) is 16.3 Å². The highest BCUT2D eigenvalue weighted by molar-refractivity contribution is 6.31. The van der Waals surface area contributed by atoms with Gasteiger partial charge in [0, 0.05) is 10.7 Å². The smallest absolute Gasteiger partial charge is 0.260 e. The summed E-state index contributed by atoms with van der Waals surface area (Å²) in [5.41, 5.74) is 6.30. The molecule has 1 aromatic heterocycles. The number of carbonyl (C=O) groups excluding carboxylic acids is 1. The van der Waals surface area contributed by atoms with Crippen molar-refractivity contribution in [1.82, 2.24) is 15.2 Å². The third-order valence-electron chi connectivity index (χ3n) is 1.91. The van der Waals surface area contributed by atoms with Crippen LogP contribution >= 0.6 is 11.6 Å². The second kappa shape index (κ2) is 4.19. The van der Waals surface area contributed by atoms with Crippen LogP contribution in [0.4, 0.5) is 11.6 Å². The van der Waals surface area contributed by atoms with E-state index in [1.807, 2.05) is 0 Å². The summed E-state index contributed by atoms with van der Waals surface area (Å²) in [7, 11) is 0. The molecule has 82 valence electrons. The number of halogens is 1. The van der Waals surface area contributed by atoms with Crippen LogP contribution in [0, 0.1) is 0 Å². The minimum atomic E-state index is -0.370. The van der Waals surface area contributed by atoms with Gasteiger partial charge < -0.3 is 5.73 Å². The fraction of sp³-hybridized carbons (Fsp3) is 0. The van der Waals surface area contributed by atoms with Crippen molar-refractivity contribution in [1.29, 1.82) is 0 Å². The molecule has 0 saturated carbocycles. The van der Waals surface area contributed by atoms with Gasteiger partial charge in [-0.1, -0.05) is 11.6 Å². The number of nitrogens with one attached hydrogen (secondary N) is 2. The summed E-state index contributed by atoms with van der Waals surface area (Å²) in [4.78, 5) is 15.5. The topological polar surface area (TPSA) is 96.7 Å². The molecule has 0 atom stereocenters. The molecule has 4 N–H and O–H groups in total. The van der Waals surface area contributed by atoms with Crippen LogP contribution in [0.1, 0.15) is 10.4 Å². The van der Waals surface area contributed by atoms with E-state index in [9.17, 15) is 4.79 Å². The van der Waals surface area contributed by atoms with Crippen LogP contribution in [0.3, 0.4) is 0 Å². The van der Waals surface area contributed by atoms with Crippen molar-refractivity contribution in [2.75, 3.05) is 11.1 Å². The molecule has 16 heavy (non-hydrogen) atoms. The summed E-state index contributed by atoms with van der Waals surface area (Å²) < 4.78 is 0. The molecule has 2 aromatic rings. The third kappa shape index (κ3) is 2.12. The van der Waals surface area contributed by atoms with Crippen molar-refractivity contribution >= 4 is 29.1 Å². The molecule has 0 aliphatic rings. The third-order valence-corrected chi connectivity index (χ3v) is 2.14. The van der Waals surface area contributed by atoms with Gasteiger partial charge in [0.1, 0.15) is 6.33 Å². The van der Waals surface area contributed by atoms with Crippen molar-refractivity contribution in [2.24, 2.45) is 0 Å². The number of hydrogen-bond donors (Lipinski definition) is 3. The van der Waals surface area contributed by atoms with Gasteiger partial charge in [0.25, 0.3) is 5.91 Å². The van der Waals surface area contributed by atoms with Crippen molar-refractivity contribution < 1.29 is 4.79 Å². The molecule has 1 heterocycles. The van der Waals surface area contributed by atoms with E-state index in [1.165, 1.54) is 12.4 Å². The highest BCUT2D eigenvalue weighted by Gasteiger charge is 2.11. The predicted octanol–water partition coefficient (Wildman–Crippen LogP) is 1.29. The van der Waals surface area contributed by atoms with E-state index in [0.717, 1.165) is 0 Å². The Kier molecular flexibility index (Phi) is 2.74. The lowest BCUT2D eigenvalue weighted by atomic mass is 10.1. The Hall–Kier alpha value is -2.08. The lowest BCUT2D eigenvalue weighted by Gasteiger charge is -2.04. The lowest BCUT2D eigenvalue weighted by molar-refractivity contribution is 0.102. The Labute approximate surface area is 95.8 Å². The molecule has 0 saturated heterocycles. The molecule has 0 aliphatic heterocycles. The fourth-order valence-corrected chi connectivity index (χ4v) is 1.36. The highest BCUT2D eigenvalue weighted by Crippen LogP contribution is 2.18. The summed E-state index contributed by atoms with van der Waals surface area (Å²) in [6.45, 7) is 0. The van der Waals surface area contributed by atoms with Crippen molar-refractivity contribution in [3.05, 3.63) is 35.1 Å². The Morgan fingerprint density at radius 1 is 1.50 bits per heavy atom. The minimum absolute atomic E-state index is 0.263. The van der Waals surface area contributed by atoms with Gasteiger partial charge in [0.05, 0.1) is 5.56 Å². The van der Waals surface area contributed by atoms with E-state index in [1.54, 1.807) is 12.1 Å². The van der Waals surface area contributed by atoms with Gasteiger partial charge in [-0.05, 0) is 18.2 Å². The standard InChI is InChI=1S/C9H8ClN5O/c10-5-1-2-6(7(11)3-5)8(16)14-9-12-4-13-15-9/h1-4H,11H2,(H2,12,13,14,15,16). The second-order valence-electron chi connectivity index (χ2n) is 3.02. The number of amides is 1. The number of nitrogens with zero attached hydrogens (tertiary/aromatic N) is 2. The molecule has 0 spiro atoms. The molecule has 0 fully saturated rings. The molecule has 6 nitrogen and oxygen atoms in total. The van der Waals surface area contributed by atoms with E-state index in [-0.39, 0.29) is 11.9 Å². The molecule has 7 heteroatoms. The maximum absolute atomic E-state index is 11.7. The van der Waals surface area contributed by atoms with Gasteiger partial charge in [-0.15, -0.1) is 0 Å². The molecule has 0 bridgehead atoms. The number of nitrogens with two attached hydrogens (primary N) is 1. The maximum Gasteiger partial charge on any atom is 0.260 e. The zero-order valence-electron chi connectivity index (χ0n) is 8.07. The van der Waals surface area contributed by atoms with Gasteiger partial charge in [0.15, 0.2) is 0 Å². The van der Waals surface area contributed by atoms with Gasteiger partial charge in [-0.3, -0.25) is 10.1 Å². The van der Waals surface area contributed by atoms with Crippen molar-refractivity contribution in [2.45, 2.75) is 0 Å². The Bertz CT molecular complexity index is 511. The van der Waals surface area contributed by atoms with E-state index < -0.39 is 0 Å². The van der Waals surface area contributed by atoms with Crippen LogP contribution in [0.15, 0.2) is 24.5 Å². The predicted molar refractivity (Wildman–Crippen MR) is 60.2 cm³/mol. The Morgan fingerprint density at radius 3 is 2.94 bits per heavy atom. The van der Waals surface area contributed by atoms with Crippen LogP contribution in [-0.2, 0) is 0 Å². The minimum Gasteiger partial charge on any atom is -0.398 e. The van der Waals surface area contributed by atoms with Crippen molar-refractivity contribution in [3.8, 4) is 0 Å². The quantitative estimate of drug-likeness (QED) is 0.686. The number of H-pyrrole nitrogens is 1. The zero-order valence-corrected chi connectivity index (χ0v) is 8.82. The van der Waals surface area contributed by atoms with Crippen LogP contribution in [-0.4, -0.2) is 21.1 Å². The number of aromatic nitrogens is 3. The van der Waals surface area contributed by atoms with Crippen molar-refractivity contribution in [3.63, 3.8) is 0 Å². The summed E-state index contributed by atoms with van der Waals surface area (Å²) in [6.07, 6.45) is 1.29. The molecular weight excluding hydrogens is 230 g/mol. The monoisotopic (exact) mass is 237 g/mol. The number of hydrogen-bond acceptors (Lipinski definition) is 4. The Balaban J connectivity index is 2.21. The van der Waals surface area contributed by atoms with Crippen LogP contribution in [0.2, 0.25) is 5.02 Å². The average molecular weight is 238 g/mol. The average Bonchev–Trinajstić information content (AvgIpc) is 2.70. The number of anilines is 2. The first-order valence-corrected chi connectivity index (χ1v) is 4.76. The van der Waals surface area contributed by atoms with Gasteiger partial charge in [0.2, 0.25) is 5.95 Å². The second-order valence-corrected chi connectivity index (χ2v) is 3.46. The summed E-state index contributed by atoms with van der Waals surface area (Å²) >= 11 is 5.72. The van der Waals surface area contributed by atoms with E-state index in [4.69, 9.17) is 17.3 Å². The molecule has 0 radical (unpaired) electrons. The first-order chi connectivity index (χ1) is 7.66. The number of carbonyl (C=O) groups is 1. The summed E-state index contributed by atoms with van der Waals surface area (Å²) in [5, 5.41) is 9.10. The Morgan fingerprint density at radius 2 is 2.31 bits per heavy atom. The zero-order chi connectivity index (χ0) is 11.5. The largest absolute Gasteiger partial charge is 0.398 e. The van der Waals surface area contributed by atoms with Gasteiger partial charge >= 0.3 is 0 Å². The number of aromatic amines is 1. The maximum atomic E-state index is 11.7. The first kappa shape index (κ1) is 10.4. The van der Waals surface area contributed by atoms with Crippen LogP contribution < -0.4 is 11.1 Å². The van der Waals surface area contributed by atoms with Crippen LogP contribution in [0.25, 0.3) is 0 Å². The van der Waals surface area contributed by atoms with Gasteiger partial charge in [-0.2, -0.15) is 10.1 Å². The fourth-order valence-electron chi connectivity index (χ4n) is 1.18. The molecule has 2 rings (SSSR count). The van der Waals surface area contributed by atoms with Crippen LogP contribution in [0.5, 0.6) is 0 Å². The summed E-state index contributed by atoms with van der Waals surface area (Å²) in [6, 6.07) is 4.65. The van der Waals surface area contributed by atoms with E-state index in [2.05, 4.69) is 20.5 Å². The van der Waals surface area contributed by atoms with E-state index >= 15 is 0 Å². The molecule has 1 aromatic carbocycles. The van der Waals surface area contributed by atoms with Gasteiger partial charge in [-0.25, -0.2) is 5.10 Å². The SMILES string of the molecule is Nc1cc(Cl)ccc1C(=O)Nc1ncn[nH]1. The number of benzene rings is 1. The highest BCUT2D eigenvalue weighted by atomic mass is 35.5. The first-order valence-electron chi connectivity index (χ1n) is 4.38.